The topological polar surface area (TPSA) is 53.1 Å². The van der Waals surface area contributed by atoms with Gasteiger partial charge in [-0.3, -0.25) is 4.68 Å². The van der Waals surface area contributed by atoms with Crippen LogP contribution in [0, 0.1) is 6.92 Å². The average molecular weight is 273 g/mol. The van der Waals surface area contributed by atoms with E-state index in [1.165, 1.54) is 5.56 Å². The van der Waals surface area contributed by atoms with Crippen molar-refractivity contribution < 1.29 is 4.74 Å². The van der Waals surface area contributed by atoms with Crippen LogP contribution in [-0.2, 0) is 6.54 Å². The van der Waals surface area contributed by atoms with Crippen LogP contribution in [0.5, 0.6) is 5.75 Å². The highest BCUT2D eigenvalue weighted by Crippen LogP contribution is 2.33. The maximum absolute atomic E-state index is 5.66. The molecule has 108 valence electrons. The molecule has 0 aliphatic heterocycles. The van der Waals surface area contributed by atoms with Crippen LogP contribution in [0.25, 0.3) is 11.3 Å². The van der Waals surface area contributed by atoms with E-state index in [0.29, 0.717) is 19.0 Å². The normalized spacial score (nSPS) is 11.1. The zero-order valence-electron chi connectivity index (χ0n) is 12.7. The zero-order valence-corrected chi connectivity index (χ0v) is 12.7. The van der Waals surface area contributed by atoms with Crippen LogP contribution < -0.4 is 10.5 Å². The van der Waals surface area contributed by atoms with Gasteiger partial charge in [0, 0.05) is 12.1 Å². The fraction of sp³-hybridized carbons (Fsp3) is 0.438. The van der Waals surface area contributed by atoms with Gasteiger partial charge in [-0.25, -0.2) is 0 Å². The second kappa shape index (κ2) is 6.09. The van der Waals surface area contributed by atoms with Gasteiger partial charge in [0.1, 0.15) is 5.75 Å². The van der Waals surface area contributed by atoms with Gasteiger partial charge in [-0.05, 0) is 36.6 Å². The minimum Gasteiger partial charge on any atom is -0.496 e. The highest BCUT2D eigenvalue weighted by molar-refractivity contribution is 5.68. The second-order valence-electron chi connectivity index (χ2n) is 5.30. The SMILES string of the molecule is COc1cc(C(C)C)ccc1-c1cc(C)nn1CCN. The Hall–Kier alpha value is -1.81. The Morgan fingerprint density at radius 1 is 1.30 bits per heavy atom. The van der Waals surface area contributed by atoms with Gasteiger partial charge in [-0.1, -0.05) is 19.9 Å². The van der Waals surface area contributed by atoms with Crippen LogP contribution in [-0.4, -0.2) is 23.4 Å². The molecule has 1 aromatic heterocycles. The Morgan fingerprint density at radius 2 is 2.05 bits per heavy atom. The summed E-state index contributed by atoms with van der Waals surface area (Å²) in [6, 6.07) is 8.44. The third kappa shape index (κ3) is 2.85. The van der Waals surface area contributed by atoms with E-state index in [1.807, 2.05) is 11.6 Å². The second-order valence-corrected chi connectivity index (χ2v) is 5.30. The molecule has 1 aromatic carbocycles. The molecule has 4 heteroatoms. The third-order valence-corrected chi connectivity index (χ3v) is 3.41. The van der Waals surface area contributed by atoms with Gasteiger partial charge in [0.25, 0.3) is 0 Å². The van der Waals surface area contributed by atoms with E-state index >= 15 is 0 Å². The minimum absolute atomic E-state index is 0.480. The van der Waals surface area contributed by atoms with Crippen molar-refractivity contribution in [2.75, 3.05) is 13.7 Å². The number of methoxy groups -OCH3 is 1. The maximum atomic E-state index is 5.66. The van der Waals surface area contributed by atoms with Crippen molar-refractivity contribution in [3.63, 3.8) is 0 Å². The molecule has 20 heavy (non-hydrogen) atoms. The highest BCUT2D eigenvalue weighted by Gasteiger charge is 2.13. The minimum atomic E-state index is 0.480. The first kappa shape index (κ1) is 14.6. The first-order valence-corrected chi connectivity index (χ1v) is 6.99. The number of nitrogens with zero attached hydrogens (tertiary/aromatic N) is 2. The van der Waals surface area contributed by atoms with Gasteiger partial charge >= 0.3 is 0 Å². The molecule has 0 radical (unpaired) electrons. The summed E-state index contributed by atoms with van der Waals surface area (Å²) in [4.78, 5) is 0. The molecular formula is C16H23N3O. The van der Waals surface area contributed by atoms with Crippen LogP contribution >= 0.6 is 0 Å². The van der Waals surface area contributed by atoms with Crippen molar-refractivity contribution in [3.8, 4) is 17.0 Å². The van der Waals surface area contributed by atoms with Gasteiger partial charge in [0.2, 0.25) is 0 Å². The Balaban J connectivity index is 2.51. The molecule has 0 saturated carbocycles. The molecule has 2 rings (SSSR count). The van der Waals surface area contributed by atoms with E-state index in [2.05, 4.69) is 43.2 Å². The summed E-state index contributed by atoms with van der Waals surface area (Å²) in [5.41, 5.74) is 10.0. The molecule has 4 nitrogen and oxygen atoms in total. The fourth-order valence-corrected chi connectivity index (χ4v) is 2.33. The molecule has 0 spiro atoms. The number of benzene rings is 1. The number of nitrogens with two attached hydrogens (primary N) is 1. The van der Waals surface area contributed by atoms with E-state index in [0.717, 1.165) is 22.7 Å². The number of hydrogen-bond donors (Lipinski definition) is 1. The Kier molecular flexibility index (Phi) is 4.45. The lowest BCUT2D eigenvalue weighted by Gasteiger charge is -2.13. The number of rotatable bonds is 5. The van der Waals surface area contributed by atoms with Crippen LogP contribution in [0.4, 0.5) is 0 Å². The first-order chi connectivity index (χ1) is 9.56. The number of ether oxygens (including phenoxy) is 1. The predicted molar refractivity (Wildman–Crippen MR) is 82.1 cm³/mol. The van der Waals surface area contributed by atoms with Crippen LogP contribution in [0.2, 0.25) is 0 Å². The van der Waals surface area contributed by atoms with Gasteiger partial charge in [0.05, 0.1) is 25.0 Å². The van der Waals surface area contributed by atoms with Crippen molar-refractivity contribution in [2.45, 2.75) is 33.2 Å². The Bertz CT molecular complexity index is 587. The standard InChI is InChI=1S/C16H23N3O/c1-11(2)13-5-6-14(16(10-13)20-4)15-9-12(3)18-19(15)8-7-17/h5-6,9-11H,7-8,17H2,1-4H3. The van der Waals surface area contributed by atoms with Crippen molar-refractivity contribution >= 4 is 0 Å². The summed E-state index contributed by atoms with van der Waals surface area (Å²) in [5.74, 6) is 1.36. The Morgan fingerprint density at radius 3 is 2.65 bits per heavy atom. The molecule has 1 heterocycles. The molecule has 0 aliphatic carbocycles. The summed E-state index contributed by atoms with van der Waals surface area (Å²) in [5, 5.41) is 4.49. The monoisotopic (exact) mass is 273 g/mol. The third-order valence-electron chi connectivity index (χ3n) is 3.41. The van der Waals surface area contributed by atoms with Crippen molar-refractivity contribution in [1.29, 1.82) is 0 Å². The van der Waals surface area contributed by atoms with Crippen molar-refractivity contribution in [2.24, 2.45) is 5.73 Å². The number of aromatic nitrogens is 2. The highest BCUT2D eigenvalue weighted by atomic mass is 16.5. The van der Waals surface area contributed by atoms with E-state index in [4.69, 9.17) is 10.5 Å². The van der Waals surface area contributed by atoms with E-state index in [9.17, 15) is 0 Å². The molecule has 2 N–H and O–H groups in total. The van der Waals surface area contributed by atoms with E-state index in [-0.39, 0.29) is 0 Å². The van der Waals surface area contributed by atoms with Crippen LogP contribution in [0.1, 0.15) is 31.0 Å². The summed E-state index contributed by atoms with van der Waals surface area (Å²) in [7, 11) is 1.71. The molecule has 0 amide bonds. The van der Waals surface area contributed by atoms with E-state index < -0.39 is 0 Å². The fourth-order valence-electron chi connectivity index (χ4n) is 2.33. The summed E-state index contributed by atoms with van der Waals surface area (Å²) < 4.78 is 7.51. The largest absolute Gasteiger partial charge is 0.496 e. The predicted octanol–water partition coefficient (Wildman–Crippen LogP) is 2.95. The number of aryl methyl sites for hydroxylation is 1. The van der Waals surface area contributed by atoms with Crippen LogP contribution in [0.3, 0.4) is 0 Å². The molecule has 0 atom stereocenters. The lowest BCUT2D eigenvalue weighted by Crippen LogP contribution is -2.12. The summed E-state index contributed by atoms with van der Waals surface area (Å²) in [6.45, 7) is 7.62. The quantitative estimate of drug-likeness (QED) is 0.911. The van der Waals surface area contributed by atoms with Crippen molar-refractivity contribution in [1.82, 2.24) is 9.78 Å². The smallest absolute Gasteiger partial charge is 0.128 e. The number of hydrogen-bond acceptors (Lipinski definition) is 3. The molecule has 2 aromatic rings. The molecule has 0 unspecified atom stereocenters. The molecule has 0 bridgehead atoms. The van der Waals surface area contributed by atoms with E-state index in [1.54, 1.807) is 7.11 Å². The first-order valence-electron chi connectivity index (χ1n) is 6.99. The molecule has 0 saturated heterocycles. The van der Waals surface area contributed by atoms with Crippen molar-refractivity contribution in [3.05, 3.63) is 35.5 Å². The van der Waals surface area contributed by atoms with Gasteiger partial charge < -0.3 is 10.5 Å². The maximum Gasteiger partial charge on any atom is 0.128 e. The van der Waals surface area contributed by atoms with Crippen LogP contribution in [0.15, 0.2) is 24.3 Å². The lowest BCUT2D eigenvalue weighted by atomic mass is 9.99. The zero-order chi connectivity index (χ0) is 14.7. The van der Waals surface area contributed by atoms with Gasteiger partial charge in [-0.15, -0.1) is 0 Å². The molecule has 0 fully saturated rings. The summed E-state index contributed by atoms with van der Waals surface area (Å²) in [6.07, 6.45) is 0. The molecular weight excluding hydrogens is 250 g/mol. The average Bonchev–Trinajstić information content (AvgIpc) is 2.79. The van der Waals surface area contributed by atoms with Gasteiger partial charge in [-0.2, -0.15) is 5.10 Å². The lowest BCUT2D eigenvalue weighted by molar-refractivity contribution is 0.415. The summed E-state index contributed by atoms with van der Waals surface area (Å²) >= 11 is 0. The molecule has 0 aliphatic rings. The van der Waals surface area contributed by atoms with Gasteiger partial charge in [0.15, 0.2) is 0 Å². The Labute approximate surface area is 120 Å².